The van der Waals surface area contributed by atoms with Gasteiger partial charge < -0.3 is 21.0 Å². The Morgan fingerprint density at radius 1 is 1.25 bits per heavy atom. The first kappa shape index (κ1) is 16.3. The van der Waals surface area contributed by atoms with Gasteiger partial charge in [0.05, 0.1) is 13.2 Å². The minimum Gasteiger partial charge on any atom is -0.754 e. The van der Waals surface area contributed by atoms with Crippen LogP contribution in [0, 0.1) is 5.21 Å². The predicted molar refractivity (Wildman–Crippen MR) is 80.6 cm³/mol. The van der Waals surface area contributed by atoms with Crippen LogP contribution >= 0.6 is 0 Å². The maximum atomic E-state index is 11.7. The molecule has 1 aromatic heterocycles. The maximum absolute atomic E-state index is 11.7. The van der Waals surface area contributed by atoms with Gasteiger partial charge in [-0.1, -0.05) is 50.4 Å². The molecule has 0 spiro atoms. The molecule has 114 valence electrons. The lowest BCUT2D eigenvalue weighted by atomic mass is 10.1. The summed E-state index contributed by atoms with van der Waals surface area (Å²) >= 11 is 0. The lowest BCUT2D eigenvalue weighted by Gasteiger charge is -2.13. The molecule has 0 bridgehead atoms. The second-order valence-electron chi connectivity index (χ2n) is 4.88. The van der Waals surface area contributed by atoms with Crippen molar-refractivity contribution in [2.24, 2.45) is 0 Å². The number of nitrogen functional groups attached to an aromatic ring is 1. The van der Waals surface area contributed by atoms with E-state index >= 15 is 0 Å². The minimum absolute atomic E-state index is 0.105. The third-order valence-corrected chi connectivity index (χ3v) is 3.21. The first-order valence-corrected chi connectivity index (χ1v) is 7.37. The van der Waals surface area contributed by atoms with Crippen molar-refractivity contribution in [1.82, 2.24) is 4.98 Å². The Hall–Kier alpha value is -1.72. The highest BCUT2D eigenvalue weighted by Crippen LogP contribution is 2.12. The normalized spacial score (nSPS) is 10.5. The van der Waals surface area contributed by atoms with Crippen molar-refractivity contribution in [2.75, 3.05) is 24.7 Å². The zero-order valence-corrected chi connectivity index (χ0v) is 12.5. The average Bonchev–Trinajstić information content (AvgIpc) is 2.45. The number of nitrogens with zero attached hydrogens (tertiary/aromatic N) is 2. The molecule has 0 unspecified atom stereocenters. The Morgan fingerprint density at radius 3 is 2.55 bits per heavy atom. The molecule has 0 atom stereocenters. The molecule has 0 saturated carbocycles. The van der Waals surface area contributed by atoms with Crippen LogP contribution in [0.15, 0.2) is 6.07 Å². The molecule has 1 heterocycles. The number of methoxy groups -OCH3 is 1. The summed E-state index contributed by atoms with van der Waals surface area (Å²) in [5.74, 6) is 0.628. The number of nitrogens with two attached hydrogens (primary N) is 1. The molecule has 1 rings (SSSR count). The quantitative estimate of drug-likeness (QED) is 0.391. The Bertz CT molecular complexity index is 399. The van der Waals surface area contributed by atoms with E-state index in [-0.39, 0.29) is 5.95 Å². The summed E-state index contributed by atoms with van der Waals surface area (Å²) in [7, 11) is 1.50. The van der Waals surface area contributed by atoms with Crippen LogP contribution in [0.4, 0.5) is 11.8 Å². The van der Waals surface area contributed by atoms with Gasteiger partial charge in [0.25, 0.3) is 5.88 Å². The number of rotatable bonds is 10. The van der Waals surface area contributed by atoms with Crippen LogP contribution in [0.1, 0.15) is 51.9 Å². The molecule has 0 aliphatic carbocycles. The number of hydrogen-bond donors (Lipinski definition) is 2. The molecule has 6 nitrogen and oxygen atoms in total. The summed E-state index contributed by atoms with van der Waals surface area (Å²) in [5, 5.41) is 14.8. The molecule has 6 heteroatoms. The smallest absolute Gasteiger partial charge is 0.347 e. The van der Waals surface area contributed by atoms with Crippen molar-refractivity contribution in [3.05, 3.63) is 11.3 Å². The van der Waals surface area contributed by atoms with E-state index < -0.39 is 0 Å². The Kier molecular flexibility index (Phi) is 7.54. The van der Waals surface area contributed by atoms with Crippen molar-refractivity contribution in [3.63, 3.8) is 0 Å². The molecule has 20 heavy (non-hydrogen) atoms. The van der Waals surface area contributed by atoms with Gasteiger partial charge in [-0.05, 0) is 6.42 Å². The Balaban J connectivity index is 2.26. The monoisotopic (exact) mass is 282 g/mol. The van der Waals surface area contributed by atoms with Crippen LogP contribution in [-0.4, -0.2) is 18.6 Å². The van der Waals surface area contributed by atoms with Gasteiger partial charge >= 0.3 is 5.95 Å². The van der Waals surface area contributed by atoms with E-state index in [0.29, 0.717) is 16.4 Å². The van der Waals surface area contributed by atoms with E-state index in [2.05, 4.69) is 17.2 Å². The first-order chi connectivity index (χ1) is 9.69. The van der Waals surface area contributed by atoms with Crippen LogP contribution in [0.5, 0.6) is 5.88 Å². The zero-order chi connectivity index (χ0) is 14.8. The summed E-state index contributed by atoms with van der Waals surface area (Å²) in [6.07, 6.45) is 8.68. The second-order valence-corrected chi connectivity index (χ2v) is 4.88. The van der Waals surface area contributed by atoms with Crippen LogP contribution < -0.4 is 20.5 Å². The lowest BCUT2D eigenvalue weighted by molar-refractivity contribution is -0.577. The van der Waals surface area contributed by atoms with Gasteiger partial charge in [0.1, 0.15) is 0 Å². The highest BCUT2D eigenvalue weighted by molar-refractivity contribution is 5.36. The molecule has 0 aromatic carbocycles. The number of hydrogen-bond acceptors (Lipinski definition) is 5. The number of nitrogens with one attached hydrogen (secondary N) is 1. The van der Waals surface area contributed by atoms with Gasteiger partial charge in [-0.15, -0.1) is 0 Å². The zero-order valence-electron chi connectivity index (χ0n) is 12.5. The molecule has 1 aromatic rings. The molecule has 3 N–H and O–H groups in total. The van der Waals surface area contributed by atoms with Gasteiger partial charge in [-0.2, -0.15) is 0 Å². The third-order valence-electron chi connectivity index (χ3n) is 3.21. The van der Waals surface area contributed by atoms with Gasteiger partial charge in [-0.3, -0.25) is 0 Å². The molecule has 0 aliphatic heterocycles. The molecule has 0 aliphatic rings. The lowest BCUT2D eigenvalue weighted by Crippen LogP contribution is -2.35. The molecule has 0 radical (unpaired) electrons. The van der Waals surface area contributed by atoms with Crippen LogP contribution in [0.3, 0.4) is 0 Å². The molecular formula is C14H26N4O2. The fourth-order valence-corrected chi connectivity index (χ4v) is 2.02. The van der Waals surface area contributed by atoms with E-state index in [9.17, 15) is 5.21 Å². The van der Waals surface area contributed by atoms with Crippen molar-refractivity contribution >= 4 is 11.8 Å². The van der Waals surface area contributed by atoms with Gasteiger partial charge in [-0.25, -0.2) is 4.73 Å². The Labute approximate surface area is 120 Å². The third kappa shape index (κ3) is 5.50. The van der Waals surface area contributed by atoms with Crippen molar-refractivity contribution in [1.29, 1.82) is 0 Å². The highest BCUT2D eigenvalue weighted by atomic mass is 16.5. The summed E-state index contributed by atoms with van der Waals surface area (Å²) in [6.45, 7) is 2.97. The molecular weight excluding hydrogens is 256 g/mol. The SMILES string of the molecule is CCCCCCCCCNc1cc(OC)nc(N)[n+]1[O-]. The van der Waals surface area contributed by atoms with Crippen molar-refractivity contribution < 1.29 is 9.47 Å². The first-order valence-electron chi connectivity index (χ1n) is 7.37. The van der Waals surface area contributed by atoms with E-state index in [0.717, 1.165) is 13.0 Å². The number of aromatic nitrogens is 2. The molecule has 0 saturated heterocycles. The van der Waals surface area contributed by atoms with Gasteiger partial charge in [0.15, 0.2) is 0 Å². The largest absolute Gasteiger partial charge is 0.754 e. The van der Waals surface area contributed by atoms with E-state index in [4.69, 9.17) is 10.5 Å². The van der Waals surface area contributed by atoms with Crippen LogP contribution in [0.25, 0.3) is 0 Å². The summed E-state index contributed by atoms with van der Waals surface area (Å²) in [4.78, 5) is 3.80. The van der Waals surface area contributed by atoms with E-state index in [1.165, 1.54) is 45.6 Å². The summed E-state index contributed by atoms with van der Waals surface area (Å²) in [6, 6.07) is 1.56. The van der Waals surface area contributed by atoms with E-state index in [1.54, 1.807) is 6.07 Å². The molecule has 0 amide bonds. The van der Waals surface area contributed by atoms with Crippen molar-refractivity contribution in [2.45, 2.75) is 51.9 Å². The van der Waals surface area contributed by atoms with Gasteiger partial charge in [0, 0.05) is 6.54 Å². The van der Waals surface area contributed by atoms with Crippen molar-refractivity contribution in [3.8, 4) is 5.88 Å². The molecule has 0 fully saturated rings. The second kappa shape index (κ2) is 9.23. The minimum atomic E-state index is -0.105. The maximum Gasteiger partial charge on any atom is 0.347 e. The number of unbranched alkanes of at least 4 members (excludes halogenated alkanes) is 6. The van der Waals surface area contributed by atoms with Gasteiger partial charge in [0.2, 0.25) is 5.82 Å². The topological polar surface area (TPSA) is 87.1 Å². The summed E-state index contributed by atoms with van der Waals surface area (Å²) in [5.41, 5.74) is 5.51. The van der Waals surface area contributed by atoms with Crippen LogP contribution in [-0.2, 0) is 0 Å². The summed E-state index contributed by atoms with van der Waals surface area (Å²) < 4.78 is 5.58. The fraction of sp³-hybridized carbons (Fsp3) is 0.714. The standard InChI is InChI=1S/C14H26N4O2/c1-3-4-5-6-7-8-9-10-16-12-11-13(20-2)17-14(15)18(12)19/h11,16H,3-10H2,1-2H3,(H2,15,17). The number of ether oxygens (including phenoxy) is 1. The highest BCUT2D eigenvalue weighted by Gasteiger charge is 2.09. The fourth-order valence-electron chi connectivity index (χ4n) is 2.02. The predicted octanol–water partition coefficient (Wildman–Crippen LogP) is 2.47. The number of anilines is 2. The van der Waals surface area contributed by atoms with Crippen LogP contribution in [0.2, 0.25) is 0 Å². The van der Waals surface area contributed by atoms with E-state index in [1.807, 2.05) is 0 Å². The average molecular weight is 282 g/mol. The Morgan fingerprint density at radius 2 is 1.90 bits per heavy atom.